The molecule has 13 heavy (non-hydrogen) atoms. The van der Waals surface area contributed by atoms with Crippen molar-refractivity contribution in [2.75, 3.05) is 0 Å². The van der Waals surface area contributed by atoms with Crippen LogP contribution in [0.2, 0.25) is 0 Å². The van der Waals surface area contributed by atoms with Gasteiger partial charge in [-0.05, 0) is 23.8 Å². The fourth-order valence-electron chi connectivity index (χ4n) is 0.933. The Labute approximate surface area is 80.8 Å². The van der Waals surface area contributed by atoms with Crippen LogP contribution < -0.4 is 0 Å². The van der Waals surface area contributed by atoms with Gasteiger partial charge in [0.2, 0.25) is 0 Å². The van der Waals surface area contributed by atoms with E-state index < -0.39 is 0 Å². The third-order valence-corrected chi connectivity index (χ3v) is 1.67. The maximum Gasteiger partial charge on any atom is 0.160 e. The summed E-state index contributed by atoms with van der Waals surface area (Å²) in [7, 11) is 0. The number of carbonyl (C=O) groups excluding carboxylic acids is 1. The Bertz CT molecular complexity index is 316. The molecular weight excluding hydrogens is 191 g/mol. The lowest BCUT2D eigenvalue weighted by Gasteiger charge is -1.96. The molecule has 1 rings (SSSR count). The Kier molecular flexibility index (Phi) is 3.65. The molecule has 0 radical (unpaired) electrons. The first-order chi connectivity index (χ1) is 6.22. The van der Waals surface area contributed by atoms with Crippen LogP contribution in [0.5, 0.6) is 0 Å². The molecule has 1 nitrogen and oxygen atoms in total. The van der Waals surface area contributed by atoms with Crippen molar-refractivity contribution in [2.45, 2.75) is 6.42 Å². The molecule has 0 atom stereocenters. The number of benzene rings is 1. The molecule has 0 aliphatic rings. The molecule has 0 amide bonds. The van der Waals surface area contributed by atoms with Crippen molar-refractivity contribution < 1.29 is 9.18 Å². The molecule has 3 heteroatoms. The molecule has 0 fully saturated rings. The highest BCUT2D eigenvalue weighted by Crippen LogP contribution is 2.04. The van der Waals surface area contributed by atoms with Gasteiger partial charge < -0.3 is 0 Å². The first-order valence-corrected chi connectivity index (χ1v) is 4.20. The van der Waals surface area contributed by atoms with Gasteiger partial charge in [0.15, 0.2) is 5.78 Å². The lowest BCUT2D eigenvalue weighted by molar-refractivity contribution is -0.114. The number of allylic oxidation sites excluding steroid dienone is 1. The van der Waals surface area contributed by atoms with Crippen molar-refractivity contribution in [3.05, 3.63) is 47.3 Å². The van der Waals surface area contributed by atoms with Gasteiger partial charge in [0.25, 0.3) is 0 Å². The third kappa shape index (κ3) is 3.38. The van der Waals surface area contributed by atoms with Crippen LogP contribution in [0.25, 0.3) is 0 Å². The molecule has 0 aromatic heterocycles. The predicted octanol–water partition coefficient (Wildman–Crippen LogP) is 2.69. The molecule has 68 valence electrons. The Morgan fingerprint density at radius 2 is 2.00 bits per heavy atom. The maximum atomic E-state index is 12.5. The Hall–Kier alpha value is -1.15. The summed E-state index contributed by atoms with van der Waals surface area (Å²) in [6.07, 6.45) is 1.54. The Morgan fingerprint density at radius 1 is 1.38 bits per heavy atom. The smallest absolute Gasteiger partial charge is 0.160 e. The number of ketones is 1. The molecule has 1 aromatic carbocycles. The standard InChI is InChI=1S/C10H8ClFO/c11-6-5-10(13)7-8-1-3-9(12)4-2-8/h1-6H,7H2/b6-5+. The van der Waals surface area contributed by atoms with E-state index in [1.807, 2.05) is 0 Å². The van der Waals surface area contributed by atoms with Crippen LogP contribution in [0.1, 0.15) is 5.56 Å². The van der Waals surface area contributed by atoms with Crippen LogP contribution in [0.3, 0.4) is 0 Å². The normalized spacial score (nSPS) is 10.6. The quantitative estimate of drug-likeness (QED) is 0.683. The van der Waals surface area contributed by atoms with Crippen LogP contribution in [0.15, 0.2) is 35.9 Å². The van der Waals surface area contributed by atoms with E-state index in [9.17, 15) is 9.18 Å². The highest BCUT2D eigenvalue weighted by Gasteiger charge is 1.99. The maximum absolute atomic E-state index is 12.5. The van der Waals surface area contributed by atoms with Crippen molar-refractivity contribution in [3.63, 3.8) is 0 Å². The number of rotatable bonds is 3. The molecule has 0 saturated heterocycles. The van der Waals surface area contributed by atoms with Crippen molar-refractivity contribution >= 4 is 17.4 Å². The van der Waals surface area contributed by atoms with E-state index in [0.717, 1.165) is 5.56 Å². The van der Waals surface area contributed by atoms with E-state index in [1.54, 1.807) is 12.1 Å². The number of carbonyl (C=O) groups is 1. The fraction of sp³-hybridized carbons (Fsp3) is 0.100. The predicted molar refractivity (Wildman–Crippen MR) is 50.1 cm³/mol. The first-order valence-electron chi connectivity index (χ1n) is 3.76. The SMILES string of the molecule is O=C(/C=C/Cl)Cc1ccc(F)cc1. The molecule has 0 aliphatic heterocycles. The number of halogens is 2. The summed E-state index contributed by atoms with van der Waals surface area (Å²) in [5.41, 5.74) is 1.95. The van der Waals surface area contributed by atoms with Crippen molar-refractivity contribution in [1.82, 2.24) is 0 Å². The average molecular weight is 199 g/mol. The van der Waals surface area contributed by atoms with E-state index in [1.165, 1.54) is 23.7 Å². The van der Waals surface area contributed by atoms with E-state index >= 15 is 0 Å². The zero-order valence-corrected chi connectivity index (χ0v) is 7.59. The van der Waals surface area contributed by atoms with E-state index in [4.69, 9.17) is 11.6 Å². The van der Waals surface area contributed by atoms with Crippen LogP contribution in [-0.2, 0) is 11.2 Å². The molecule has 0 N–H and O–H groups in total. The van der Waals surface area contributed by atoms with Crippen LogP contribution >= 0.6 is 11.6 Å². The van der Waals surface area contributed by atoms with Crippen molar-refractivity contribution in [3.8, 4) is 0 Å². The summed E-state index contributed by atoms with van der Waals surface area (Å²) in [5, 5.41) is 0. The minimum Gasteiger partial charge on any atom is -0.294 e. The average Bonchev–Trinajstić information content (AvgIpc) is 2.09. The third-order valence-electron chi connectivity index (χ3n) is 1.54. The minimum absolute atomic E-state index is 0.0957. The highest BCUT2D eigenvalue weighted by molar-refractivity contribution is 6.26. The molecular formula is C10H8ClFO. The topological polar surface area (TPSA) is 17.1 Å². The van der Waals surface area contributed by atoms with Crippen molar-refractivity contribution in [2.24, 2.45) is 0 Å². The van der Waals surface area contributed by atoms with Crippen LogP contribution in [-0.4, -0.2) is 5.78 Å². The summed E-state index contributed by atoms with van der Waals surface area (Å²) in [4.78, 5) is 11.0. The lowest BCUT2D eigenvalue weighted by Crippen LogP contribution is -1.97. The molecule has 0 unspecified atom stereocenters. The second kappa shape index (κ2) is 4.77. The largest absolute Gasteiger partial charge is 0.294 e. The number of hydrogen-bond donors (Lipinski definition) is 0. The summed E-state index contributed by atoms with van der Waals surface area (Å²) < 4.78 is 12.5. The second-order valence-electron chi connectivity index (χ2n) is 2.56. The second-order valence-corrected chi connectivity index (χ2v) is 2.81. The van der Waals surface area contributed by atoms with Gasteiger partial charge in [-0.15, -0.1) is 0 Å². The van der Waals surface area contributed by atoms with Crippen LogP contribution in [0.4, 0.5) is 4.39 Å². The van der Waals surface area contributed by atoms with Crippen molar-refractivity contribution in [1.29, 1.82) is 0 Å². The summed E-state index contributed by atoms with van der Waals surface area (Å²) in [6, 6.07) is 5.81. The molecule has 0 heterocycles. The van der Waals surface area contributed by atoms with Gasteiger partial charge in [-0.2, -0.15) is 0 Å². The van der Waals surface area contributed by atoms with Gasteiger partial charge in [-0.1, -0.05) is 23.7 Å². The van der Waals surface area contributed by atoms with E-state index in [2.05, 4.69) is 0 Å². The summed E-state index contributed by atoms with van der Waals surface area (Å²) >= 11 is 5.23. The van der Waals surface area contributed by atoms with Gasteiger partial charge in [0, 0.05) is 12.0 Å². The monoisotopic (exact) mass is 198 g/mol. The Morgan fingerprint density at radius 3 is 2.54 bits per heavy atom. The van der Waals surface area contributed by atoms with Crippen LogP contribution in [0, 0.1) is 5.82 Å². The van der Waals surface area contributed by atoms with Gasteiger partial charge in [-0.3, -0.25) is 4.79 Å². The van der Waals surface area contributed by atoms with E-state index in [0.29, 0.717) is 0 Å². The minimum atomic E-state index is -0.302. The summed E-state index contributed by atoms with van der Waals surface area (Å²) in [5.74, 6) is -0.398. The molecule has 0 bridgehead atoms. The van der Waals surface area contributed by atoms with E-state index in [-0.39, 0.29) is 18.0 Å². The Balaban J connectivity index is 2.64. The molecule has 1 aromatic rings. The van der Waals surface area contributed by atoms with Gasteiger partial charge in [0.1, 0.15) is 5.82 Å². The zero-order chi connectivity index (χ0) is 9.68. The lowest BCUT2D eigenvalue weighted by atomic mass is 10.1. The zero-order valence-electron chi connectivity index (χ0n) is 6.84. The van der Waals surface area contributed by atoms with Gasteiger partial charge in [-0.25, -0.2) is 4.39 Å². The fourth-order valence-corrected chi connectivity index (χ4v) is 1.07. The van der Waals surface area contributed by atoms with Gasteiger partial charge >= 0.3 is 0 Å². The molecule has 0 aliphatic carbocycles. The summed E-state index contributed by atoms with van der Waals surface area (Å²) in [6.45, 7) is 0. The number of hydrogen-bond acceptors (Lipinski definition) is 1. The highest BCUT2D eigenvalue weighted by atomic mass is 35.5. The first kappa shape index (κ1) is 9.93. The molecule has 0 spiro atoms. The van der Waals surface area contributed by atoms with Gasteiger partial charge in [0.05, 0.1) is 0 Å². The molecule has 0 saturated carbocycles.